The second kappa shape index (κ2) is 2.74. The second-order valence-electron chi connectivity index (χ2n) is 2.28. The van der Waals surface area contributed by atoms with Gasteiger partial charge < -0.3 is 5.32 Å². The van der Waals surface area contributed by atoms with E-state index in [0.717, 1.165) is 0 Å². The number of rotatable bonds is 1. The Morgan fingerprint density at radius 1 is 1.62 bits per heavy atom. The quantitative estimate of drug-likeness (QED) is 0.573. The molecule has 8 heavy (non-hydrogen) atoms. The van der Waals surface area contributed by atoms with Crippen molar-refractivity contribution < 1.29 is 0 Å². The Balaban J connectivity index is 2.24. The topological polar surface area (TPSA) is 12.0 Å². The van der Waals surface area contributed by atoms with E-state index in [4.69, 9.17) is 0 Å². The minimum absolute atomic E-state index is 0.648. The minimum Gasteiger partial charge on any atom is -0.304 e. The van der Waals surface area contributed by atoms with Gasteiger partial charge in [-0.25, -0.2) is 0 Å². The number of nitrogens with one attached hydrogen (secondary N) is 1. The normalized spacial score (nSPS) is 29.6. The van der Waals surface area contributed by atoms with E-state index in [0.29, 0.717) is 5.37 Å². The third kappa shape index (κ3) is 1.39. The summed E-state index contributed by atoms with van der Waals surface area (Å²) in [6.45, 7) is 5.53. The van der Waals surface area contributed by atoms with Crippen molar-refractivity contribution in [3.63, 3.8) is 0 Å². The molecule has 1 fully saturated rings. The maximum absolute atomic E-state index is 3.38. The van der Waals surface area contributed by atoms with Crippen LogP contribution in [0.2, 0.25) is 0 Å². The third-order valence-corrected chi connectivity index (χ3v) is 2.65. The summed E-state index contributed by atoms with van der Waals surface area (Å²) in [6.07, 6.45) is 0. The molecule has 47 valence electrons. The maximum Gasteiger partial charge on any atom is 0.0590 e. The number of thioether (sulfide) groups is 1. The largest absolute Gasteiger partial charge is 0.304 e. The Bertz CT molecular complexity index is 66.9. The van der Waals surface area contributed by atoms with Crippen molar-refractivity contribution in [2.75, 3.05) is 12.3 Å². The van der Waals surface area contributed by atoms with Crippen LogP contribution < -0.4 is 5.32 Å². The summed E-state index contributed by atoms with van der Waals surface area (Å²) in [5.74, 6) is 2.77. The van der Waals surface area contributed by atoms with Crippen LogP contribution in [0.3, 0.4) is 0 Å². The SMILES string of the molecule is C[C](C)C1NCCS1. The third-order valence-electron chi connectivity index (χ3n) is 1.24. The van der Waals surface area contributed by atoms with Gasteiger partial charge in [-0.15, -0.1) is 11.8 Å². The van der Waals surface area contributed by atoms with E-state index in [1.807, 2.05) is 11.8 Å². The van der Waals surface area contributed by atoms with Crippen LogP contribution in [0.1, 0.15) is 13.8 Å². The van der Waals surface area contributed by atoms with Crippen LogP contribution >= 0.6 is 11.8 Å². The fourth-order valence-electron chi connectivity index (χ4n) is 0.797. The van der Waals surface area contributed by atoms with Crippen molar-refractivity contribution in [1.82, 2.24) is 5.32 Å². The van der Waals surface area contributed by atoms with Crippen molar-refractivity contribution in [2.45, 2.75) is 19.2 Å². The van der Waals surface area contributed by atoms with E-state index >= 15 is 0 Å². The average molecular weight is 130 g/mol. The summed E-state index contributed by atoms with van der Waals surface area (Å²) < 4.78 is 0. The van der Waals surface area contributed by atoms with Gasteiger partial charge in [0.25, 0.3) is 0 Å². The van der Waals surface area contributed by atoms with Gasteiger partial charge in [0.15, 0.2) is 0 Å². The molecule has 0 spiro atoms. The first-order valence-electron chi connectivity index (χ1n) is 2.96. The monoisotopic (exact) mass is 130 g/mol. The first-order valence-corrected chi connectivity index (χ1v) is 4.00. The molecule has 1 unspecified atom stereocenters. The summed E-state index contributed by atoms with van der Waals surface area (Å²) >= 11 is 2.00. The first kappa shape index (κ1) is 6.43. The predicted molar refractivity (Wildman–Crippen MR) is 38.8 cm³/mol. The molecule has 1 N–H and O–H groups in total. The minimum atomic E-state index is 0.648. The zero-order valence-electron chi connectivity index (χ0n) is 5.40. The lowest BCUT2D eigenvalue weighted by Crippen LogP contribution is -2.23. The predicted octanol–water partition coefficient (Wildman–Crippen LogP) is 1.26. The van der Waals surface area contributed by atoms with Crippen molar-refractivity contribution in [3.05, 3.63) is 5.92 Å². The van der Waals surface area contributed by atoms with Crippen LogP contribution in [-0.2, 0) is 0 Å². The highest BCUT2D eigenvalue weighted by molar-refractivity contribution is 8.00. The molecule has 0 aromatic rings. The van der Waals surface area contributed by atoms with Gasteiger partial charge >= 0.3 is 0 Å². The highest BCUT2D eigenvalue weighted by atomic mass is 32.2. The Kier molecular flexibility index (Phi) is 2.20. The highest BCUT2D eigenvalue weighted by Crippen LogP contribution is 2.21. The van der Waals surface area contributed by atoms with Crippen LogP contribution in [0.15, 0.2) is 0 Å². The molecule has 1 saturated heterocycles. The lowest BCUT2D eigenvalue weighted by atomic mass is 10.2. The summed E-state index contributed by atoms with van der Waals surface area (Å²) in [6, 6.07) is 0. The highest BCUT2D eigenvalue weighted by Gasteiger charge is 2.17. The molecular weight excluding hydrogens is 118 g/mol. The van der Waals surface area contributed by atoms with Gasteiger partial charge in [0.05, 0.1) is 5.37 Å². The summed E-state index contributed by atoms with van der Waals surface area (Å²) in [5, 5.41) is 4.03. The van der Waals surface area contributed by atoms with E-state index in [1.165, 1.54) is 18.2 Å². The Morgan fingerprint density at radius 2 is 2.38 bits per heavy atom. The fraction of sp³-hybridized carbons (Fsp3) is 0.833. The summed E-state index contributed by atoms with van der Waals surface area (Å²) in [5.41, 5.74) is 0. The van der Waals surface area contributed by atoms with Gasteiger partial charge in [-0.2, -0.15) is 0 Å². The number of hydrogen-bond acceptors (Lipinski definition) is 2. The van der Waals surface area contributed by atoms with Gasteiger partial charge in [0.2, 0.25) is 0 Å². The molecule has 1 nitrogen and oxygen atoms in total. The Hall–Kier alpha value is 0.310. The lowest BCUT2D eigenvalue weighted by molar-refractivity contribution is 0.719. The van der Waals surface area contributed by atoms with E-state index in [-0.39, 0.29) is 0 Å². The van der Waals surface area contributed by atoms with Gasteiger partial charge in [-0.1, -0.05) is 13.8 Å². The van der Waals surface area contributed by atoms with Crippen molar-refractivity contribution >= 4 is 11.8 Å². The summed E-state index contributed by atoms with van der Waals surface area (Å²) in [7, 11) is 0. The van der Waals surface area contributed by atoms with E-state index in [1.54, 1.807) is 0 Å². The molecule has 0 aliphatic carbocycles. The van der Waals surface area contributed by atoms with Crippen molar-refractivity contribution in [1.29, 1.82) is 0 Å². The Labute approximate surface area is 55.2 Å². The van der Waals surface area contributed by atoms with E-state index in [9.17, 15) is 0 Å². The number of hydrogen-bond donors (Lipinski definition) is 1. The van der Waals surface area contributed by atoms with Crippen LogP contribution in [0.4, 0.5) is 0 Å². The second-order valence-corrected chi connectivity index (χ2v) is 3.50. The molecule has 2 heteroatoms. The molecule has 1 rings (SSSR count). The smallest absolute Gasteiger partial charge is 0.0590 e. The molecule has 1 aliphatic heterocycles. The molecule has 1 radical (unpaired) electrons. The van der Waals surface area contributed by atoms with E-state index < -0.39 is 0 Å². The molecule has 0 saturated carbocycles. The van der Waals surface area contributed by atoms with Gasteiger partial charge in [0.1, 0.15) is 0 Å². The van der Waals surface area contributed by atoms with Gasteiger partial charge in [0, 0.05) is 12.3 Å². The van der Waals surface area contributed by atoms with Crippen molar-refractivity contribution in [3.8, 4) is 0 Å². The standard InChI is InChI=1S/C6H12NS/c1-5(2)6-7-3-4-8-6/h6-7H,3-4H2,1-2H3. The lowest BCUT2D eigenvalue weighted by Gasteiger charge is -2.11. The van der Waals surface area contributed by atoms with Crippen LogP contribution in [0.5, 0.6) is 0 Å². The molecule has 1 aliphatic rings. The Morgan fingerprint density at radius 3 is 2.62 bits per heavy atom. The van der Waals surface area contributed by atoms with Crippen LogP contribution in [0, 0.1) is 5.92 Å². The molecule has 0 aromatic carbocycles. The first-order chi connectivity index (χ1) is 3.80. The molecule has 1 atom stereocenters. The van der Waals surface area contributed by atoms with Crippen LogP contribution in [0.25, 0.3) is 0 Å². The maximum atomic E-state index is 3.38. The molecule has 0 bridgehead atoms. The molecular formula is C6H12NS. The van der Waals surface area contributed by atoms with Crippen LogP contribution in [-0.4, -0.2) is 17.7 Å². The average Bonchev–Trinajstić information content (AvgIpc) is 2.12. The zero-order chi connectivity index (χ0) is 5.98. The fourth-order valence-corrected chi connectivity index (χ4v) is 1.84. The van der Waals surface area contributed by atoms with E-state index in [2.05, 4.69) is 19.2 Å². The van der Waals surface area contributed by atoms with Crippen molar-refractivity contribution in [2.24, 2.45) is 0 Å². The van der Waals surface area contributed by atoms with Gasteiger partial charge in [-0.05, 0) is 5.92 Å². The molecule has 1 heterocycles. The molecule has 0 amide bonds. The zero-order valence-corrected chi connectivity index (χ0v) is 6.22. The van der Waals surface area contributed by atoms with Gasteiger partial charge in [-0.3, -0.25) is 0 Å². The molecule has 0 aromatic heterocycles. The summed E-state index contributed by atoms with van der Waals surface area (Å²) in [4.78, 5) is 0.